The van der Waals surface area contributed by atoms with Crippen molar-refractivity contribution in [3.8, 4) is 0 Å². The van der Waals surface area contributed by atoms with Gasteiger partial charge in [0.2, 0.25) is 0 Å². The minimum absolute atomic E-state index is 0.218. The van der Waals surface area contributed by atoms with Gasteiger partial charge in [0.15, 0.2) is 0 Å². The molecule has 1 atom stereocenters. The topological polar surface area (TPSA) is 38.9 Å². The van der Waals surface area contributed by atoms with Crippen LogP contribution in [0.2, 0.25) is 0 Å². The summed E-state index contributed by atoms with van der Waals surface area (Å²) < 4.78 is 0. The zero-order valence-corrected chi connectivity index (χ0v) is 12.3. The molecule has 0 radical (unpaired) electrons. The first kappa shape index (κ1) is 13.5. The second-order valence-electron chi connectivity index (χ2n) is 6.80. The molecule has 0 amide bonds. The maximum Gasteiger partial charge on any atom is 0.0419 e. The molecule has 0 aromatic carbocycles. The van der Waals surface area contributed by atoms with Crippen molar-refractivity contribution in [3.63, 3.8) is 0 Å². The van der Waals surface area contributed by atoms with E-state index in [1.807, 2.05) is 6.20 Å². The highest BCUT2D eigenvalue weighted by Crippen LogP contribution is 2.69. The zero-order valence-electron chi connectivity index (χ0n) is 12.3. The maximum absolute atomic E-state index is 6.39. The largest absolute Gasteiger partial charge is 0.327 e. The number of hydrogen-bond donors (Lipinski definition) is 1. The quantitative estimate of drug-likeness (QED) is 0.886. The molecule has 100 valence electrons. The van der Waals surface area contributed by atoms with E-state index in [0.29, 0.717) is 16.7 Å². The molecule has 0 bridgehead atoms. The molecule has 1 aromatic rings. The van der Waals surface area contributed by atoms with Gasteiger partial charge in [0.1, 0.15) is 0 Å². The van der Waals surface area contributed by atoms with E-state index in [1.165, 1.54) is 5.56 Å². The summed E-state index contributed by atoms with van der Waals surface area (Å²) in [7, 11) is 0. The number of rotatable bonds is 4. The van der Waals surface area contributed by atoms with Crippen molar-refractivity contribution in [1.82, 2.24) is 4.98 Å². The van der Waals surface area contributed by atoms with Gasteiger partial charge >= 0.3 is 0 Å². The van der Waals surface area contributed by atoms with Crippen LogP contribution >= 0.6 is 0 Å². The van der Waals surface area contributed by atoms with Crippen LogP contribution in [0, 0.1) is 16.7 Å². The monoisotopic (exact) mass is 246 g/mol. The Morgan fingerprint density at radius 1 is 1.22 bits per heavy atom. The highest BCUT2D eigenvalue weighted by atomic mass is 14.8. The van der Waals surface area contributed by atoms with E-state index < -0.39 is 0 Å². The van der Waals surface area contributed by atoms with Crippen LogP contribution in [0.5, 0.6) is 0 Å². The van der Waals surface area contributed by atoms with E-state index in [4.69, 9.17) is 5.73 Å². The summed E-state index contributed by atoms with van der Waals surface area (Å²) in [5.41, 5.74) is 9.52. The summed E-state index contributed by atoms with van der Waals surface area (Å²) in [5, 5.41) is 0. The lowest BCUT2D eigenvalue weighted by Gasteiger charge is -2.13. The van der Waals surface area contributed by atoms with Crippen LogP contribution in [0.4, 0.5) is 0 Å². The van der Waals surface area contributed by atoms with E-state index in [2.05, 4.69) is 51.7 Å². The molecule has 0 aliphatic heterocycles. The van der Waals surface area contributed by atoms with Gasteiger partial charge in [-0.1, -0.05) is 40.7 Å². The number of nitrogens with two attached hydrogens (primary N) is 1. The summed E-state index contributed by atoms with van der Waals surface area (Å²) in [6.45, 7) is 11.4. The van der Waals surface area contributed by atoms with Crippen molar-refractivity contribution in [2.75, 3.05) is 0 Å². The molecule has 2 rings (SSSR count). The van der Waals surface area contributed by atoms with Crippen LogP contribution in [-0.4, -0.2) is 11.0 Å². The molecule has 1 aliphatic rings. The smallest absolute Gasteiger partial charge is 0.0419 e. The van der Waals surface area contributed by atoms with E-state index in [0.717, 1.165) is 18.5 Å². The third-order valence-electron chi connectivity index (χ3n) is 5.30. The minimum atomic E-state index is 0.218. The molecule has 2 heteroatoms. The highest BCUT2D eigenvalue weighted by molar-refractivity contribution is 5.19. The predicted molar refractivity (Wildman–Crippen MR) is 76.3 cm³/mol. The zero-order chi connectivity index (χ0) is 13.6. The first-order valence-corrected chi connectivity index (χ1v) is 7.00. The first-order valence-electron chi connectivity index (χ1n) is 7.00. The first-order chi connectivity index (χ1) is 8.30. The number of hydrogen-bond acceptors (Lipinski definition) is 2. The second kappa shape index (κ2) is 4.34. The lowest BCUT2D eigenvalue weighted by Crippen LogP contribution is -2.28. The van der Waals surface area contributed by atoms with Crippen LogP contribution in [0.25, 0.3) is 0 Å². The van der Waals surface area contributed by atoms with E-state index in [-0.39, 0.29) is 6.04 Å². The van der Waals surface area contributed by atoms with Crippen LogP contribution in [0.3, 0.4) is 0 Å². The summed E-state index contributed by atoms with van der Waals surface area (Å²) in [5.74, 6) is 0.595. The van der Waals surface area contributed by atoms with Gasteiger partial charge < -0.3 is 5.73 Å². The van der Waals surface area contributed by atoms with Gasteiger partial charge in [-0.25, -0.2) is 0 Å². The fourth-order valence-electron chi connectivity index (χ4n) is 3.46. The third kappa shape index (κ3) is 2.07. The number of pyridine rings is 1. The summed E-state index contributed by atoms with van der Waals surface area (Å²) >= 11 is 0. The molecular weight excluding hydrogens is 220 g/mol. The molecule has 1 saturated carbocycles. The molecule has 1 fully saturated rings. The maximum atomic E-state index is 6.39. The van der Waals surface area contributed by atoms with Gasteiger partial charge in [0.05, 0.1) is 0 Å². The van der Waals surface area contributed by atoms with Crippen molar-refractivity contribution < 1.29 is 0 Å². The Balaban J connectivity index is 2.02. The minimum Gasteiger partial charge on any atom is -0.327 e. The number of aryl methyl sites for hydroxylation is 1. The molecule has 1 heterocycles. The SMILES string of the molecule is CCc1ccc(CC(N)C2C(C)(C)C2(C)C)nc1. The van der Waals surface area contributed by atoms with Gasteiger partial charge in [-0.05, 0) is 34.8 Å². The summed E-state index contributed by atoms with van der Waals surface area (Å²) in [4.78, 5) is 4.52. The third-order valence-corrected chi connectivity index (χ3v) is 5.30. The number of aromatic nitrogens is 1. The normalized spacial score (nSPS) is 22.8. The molecule has 18 heavy (non-hydrogen) atoms. The Hall–Kier alpha value is -0.890. The molecule has 1 aromatic heterocycles. The lowest BCUT2D eigenvalue weighted by atomic mass is 10.00. The van der Waals surface area contributed by atoms with Crippen LogP contribution < -0.4 is 5.73 Å². The second-order valence-corrected chi connectivity index (χ2v) is 6.80. The Morgan fingerprint density at radius 2 is 1.83 bits per heavy atom. The van der Waals surface area contributed by atoms with Crippen LogP contribution in [-0.2, 0) is 12.8 Å². The molecule has 2 N–H and O–H groups in total. The van der Waals surface area contributed by atoms with Crippen LogP contribution in [0.15, 0.2) is 18.3 Å². The van der Waals surface area contributed by atoms with Gasteiger partial charge in [0.25, 0.3) is 0 Å². The molecule has 2 nitrogen and oxygen atoms in total. The average molecular weight is 246 g/mol. The Morgan fingerprint density at radius 3 is 2.22 bits per heavy atom. The molecule has 1 aliphatic carbocycles. The van der Waals surface area contributed by atoms with Crippen molar-refractivity contribution in [2.24, 2.45) is 22.5 Å². The van der Waals surface area contributed by atoms with Gasteiger partial charge in [-0.15, -0.1) is 0 Å². The van der Waals surface area contributed by atoms with E-state index >= 15 is 0 Å². The van der Waals surface area contributed by atoms with Crippen molar-refractivity contribution in [2.45, 2.75) is 53.5 Å². The van der Waals surface area contributed by atoms with Gasteiger partial charge in [-0.3, -0.25) is 4.98 Å². The fraction of sp³-hybridized carbons (Fsp3) is 0.688. The Kier molecular flexibility index (Phi) is 3.26. The Bertz CT molecular complexity index is 403. The van der Waals surface area contributed by atoms with Gasteiger partial charge in [-0.2, -0.15) is 0 Å². The summed E-state index contributed by atoms with van der Waals surface area (Å²) in [6.07, 6.45) is 3.91. The number of nitrogens with zero attached hydrogens (tertiary/aromatic N) is 1. The molecule has 1 unspecified atom stereocenters. The predicted octanol–water partition coefficient (Wildman–Crippen LogP) is 3.20. The van der Waals surface area contributed by atoms with Crippen molar-refractivity contribution in [1.29, 1.82) is 0 Å². The average Bonchev–Trinajstić information content (AvgIpc) is 2.70. The van der Waals surface area contributed by atoms with E-state index in [9.17, 15) is 0 Å². The Labute approximate surface area is 111 Å². The standard InChI is InChI=1S/C16H26N2/c1-6-11-7-8-12(18-10-11)9-13(17)14-15(2,3)16(14,4)5/h7-8,10,13-14H,6,9,17H2,1-5H3. The lowest BCUT2D eigenvalue weighted by molar-refractivity contribution is 0.457. The van der Waals surface area contributed by atoms with E-state index in [1.54, 1.807) is 0 Å². The molecular formula is C16H26N2. The fourth-order valence-corrected chi connectivity index (χ4v) is 3.46. The van der Waals surface area contributed by atoms with Crippen molar-refractivity contribution in [3.05, 3.63) is 29.6 Å². The molecule has 0 saturated heterocycles. The molecule has 0 spiro atoms. The van der Waals surface area contributed by atoms with Gasteiger partial charge in [0, 0.05) is 24.4 Å². The van der Waals surface area contributed by atoms with Crippen molar-refractivity contribution >= 4 is 0 Å². The van der Waals surface area contributed by atoms with Crippen LogP contribution in [0.1, 0.15) is 45.9 Å². The highest BCUT2D eigenvalue weighted by Gasteiger charge is 2.66. The summed E-state index contributed by atoms with van der Waals surface area (Å²) in [6, 6.07) is 4.51.